The number of carbonyl (C=O) groups excluding carboxylic acids is 4. The summed E-state index contributed by atoms with van der Waals surface area (Å²) in [5, 5.41) is 10.6. The van der Waals surface area contributed by atoms with Gasteiger partial charge in [-0.25, -0.2) is 9.13 Å². The minimum absolute atomic E-state index is 0.104. The van der Waals surface area contributed by atoms with E-state index in [1.165, 1.54) is 231 Å². The number of unbranched alkanes of at least 4 members (excludes halogenated alkanes) is 46. The van der Waals surface area contributed by atoms with Gasteiger partial charge in [0.1, 0.15) is 19.3 Å². The van der Waals surface area contributed by atoms with E-state index in [1.807, 2.05) is 0 Å². The largest absolute Gasteiger partial charge is 0.472 e. The van der Waals surface area contributed by atoms with Crippen LogP contribution in [0.5, 0.6) is 0 Å². The molecule has 0 amide bonds. The average Bonchev–Trinajstić information content (AvgIpc) is 0.920. The maximum Gasteiger partial charge on any atom is 0.472 e. The van der Waals surface area contributed by atoms with Crippen molar-refractivity contribution in [2.45, 2.75) is 453 Å². The molecule has 0 fully saturated rings. The van der Waals surface area contributed by atoms with Crippen LogP contribution in [0.3, 0.4) is 0 Å². The Labute approximate surface area is 632 Å². The summed E-state index contributed by atoms with van der Waals surface area (Å²) in [6.07, 6.45) is 61.5. The second-order valence-corrected chi connectivity index (χ2v) is 34.8. The lowest BCUT2D eigenvalue weighted by molar-refractivity contribution is -0.161. The summed E-state index contributed by atoms with van der Waals surface area (Å²) in [5.74, 6) is 0.979. The molecule has 0 aromatic heterocycles. The molecule has 103 heavy (non-hydrogen) atoms. The highest BCUT2D eigenvalue weighted by molar-refractivity contribution is 7.47. The fourth-order valence-electron chi connectivity index (χ4n) is 12.9. The van der Waals surface area contributed by atoms with Crippen LogP contribution in [0, 0.1) is 23.7 Å². The number of aliphatic hydroxyl groups is 1. The summed E-state index contributed by atoms with van der Waals surface area (Å²) in [7, 11) is -9.92. The van der Waals surface area contributed by atoms with Gasteiger partial charge in [0.2, 0.25) is 0 Å². The average molecular weight is 1510 g/mol. The quantitative estimate of drug-likeness (QED) is 0.0222. The van der Waals surface area contributed by atoms with E-state index in [0.29, 0.717) is 37.5 Å². The molecule has 0 spiro atoms. The summed E-state index contributed by atoms with van der Waals surface area (Å²) >= 11 is 0. The van der Waals surface area contributed by atoms with Gasteiger partial charge in [0.15, 0.2) is 12.2 Å². The first-order valence-electron chi connectivity index (χ1n) is 43.2. The molecule has 6 atom stereocenters. The standard InChI is InChI=1S/C84H164O17P2/c1-9-77(8)63-55-47-39-31-27-23-19-15-11-13-16-20-24-28-32-40-48-56-64-81(86)94-70-80(101-84(89)67-59-51-43-35-38-46-54-62-76(6)7)73-99-103(92,93)97-69-78(85)68-96-102(90,91)98-72-79(71-95-82(87)65-57-49-42-34-37-45-53-61-75(4)5)100-83(88)66-58-50-41-33-29-25-21-17-12-10-14-18-22-26-30-36-44-52-60-74(2)3/h74-80,85H,9-73H2,1-8H3,(H,90,91)(H,92,93)/t77?,78?,79-,80-/m1/s1. The van der Waals surface area contributed by atoms with Gasteiger partial charge in [0.05, 0.1) is 26.4 Å². The normalized spacial score (nSPS) is 14.2. The maximum atomic E-state index is 13.1. The van der Waals surface area contributed by atoms with Crippen molar-refractivity contribution in [3.05, 3.63) is 0 Å². The zero-order chi connectivity index (χ0) is 76.0. The SMILES string of the molecule is CCC(C)CCCCCCCCCCCCCCCCCCCCC(=O)OC[C@H](COP(=O)(O)OCC(O)COP(=O)(O)OC[C@@H](COC(=O)CCCCCCCCCC(C)C)OC(=O)CCCCCCCCCCCCCCCCCCCCC(C)C)OC(=O)CCCCCCCCCC(C)C. The Morgan fingerprint density at radius 1 is 0.272 bits per heavy atom. The highest BCUT2D eigenvalue weighted by Crippen LogP contribution is 2.45. The Bertz CT molecular complexity index is 2010. The predicted octanol–water partition coefficient (Wildman–Crippen LogP) is 25.2. The van der Waals surface area contributed by atoms with Crippen LogP contribution in [0.4, 0.5) is 0 Å². The van der Waals surface area contributed by atoms with E-state index in [1.54, 1.807) is 0 Å². The molecule has 0 bridgehead atoms. The molecule has 3 N–H and O–H groups in total. The van der Waals surface area contributed by atoms with E-state index >= 15 is 0 Å². The smallest absolute Gasteiger partial charge is 0.462 e. The highest BCUT2D eigenvalue weighted by atomic mass is 31.2. The van der Waals surface area contributed by atoms with Gasteiger partial charge in [0.25, 0.3) is 0 Å². The van der Waals surface area contributed by atoms with Crippen LogP contribution < -0.4 is 0 Å². The summed E-state index contributed by atoms with van der Waals surface area (Å²) in [6.45, 7) is 14.2. The van der Waals surface area contributed by atoms with Crippen LogP contribution in [-0.2, 0) is 65.4 Å². The van der Waals surface area contributed by atoms with Crippen molar-refractivity contribution in [3.8, 4) is 0 Å². The molecule has 19 heteroatoms. The molecule has 0 aliphatic rings. The molecule has 612 valence electrons. The van der Waals surface area contributed by atoms with Crippen LogP contribution in [0.1, 0.15) is 434 Å². The Hall–Kier alpha value is -1.94. The number of rotatable bonds is 81. The van der Waals surface area contributed by atoms with Crippen molar-refractivity contribution >= 4 is 39.5 Å². The first-order valence-corrected chi connectivity index (χ1v) is 46.2. The zero-order valence-corrected chi connectivity index (χ0v) is 69.7. The molecule has 0 saturated heterocycles. The van der Waals surface area contributed by atoms with Gasteiger partial charge in [-0.15, -0.1) is 0 Å². The lowest BCUT2D eigenvalue weighted by Gasteiger charge is -2.21. The van der Waals surface area contributed by atoms with Crippen LogP contribution in [-0.4, -0.2) is 96.7 Å². The van der Waals surface area contributed by atoms with E-state index in [2.05, 4.69) is 55.4 Å². The van der Waals surface area contributed by atoms with Gasteiger partial charge in [-0.05, 0) is 49.4 Å². The molecule has 0 aliphatic heterocycles. The lowest BCUT2D eigenvalue weighted by atomic mass is 9.99. The number of hydrogen-bond acceptors (Lipinski definition) is 15. The molecular formula is C84H164O17P2. The van der Waals surface area contributed by atoms with Crippen molar-refractivity contribution < 1.29 is 80.2 Å². The molecule has 0 saturated carbocycles. The van der Waals surface area contributed by atoms with E-state index in [4.69, 9.17) is 37.0 Å². The Kier molecular flexibility index (Phi) is 71.5. The molecule has 4 unspecified atom stereocenters. The van der Waals surface area contributed by atoms with E-state index in [0.717, 1.165) is 108 Å². The van der Waals surface area contributed by atoms with Crippen LogP contribution in [0.15, 0.2) is 0 Å². The number of aliphatic hydroxyl groups excluding tert-OH is 1. The maximum absolute atomic E-state index is 13.1. The summed E-state index contributed by atoms with van der Waals surface area (Å²) in [4.78, 5) is 73.0. The molecule has 0 heterocycles. The monoisotopic (exact) mass is 1510 g/mol. The molecule has 0 radical (unpaired) electrons. The first kappa shape index (κ1) is 101. The second-order valence-electron chi connectivity index (χ2n) is 31.9. The molecule has 17 nitrogen and oxygen atoms in total. The first-order chi connectivity index (χ1) is 49.6. The van der Waals surface area contributed by atoms with Gasteiger partial charge in [-0.3, -0.25) is 37.3 Å². The minimum Gasteiger partial charge on any atom is -0.462 e. The highest BCUT2D eigenvalue weighted by Gasteiger charge is 2.30. The molecule has 0 aliphatic carbocycles. The lowest BCUT2D eigenvalue weighted by Crippen LogP contribution is -2.30. The van der Waals surface area contributed by atoms with Crippen LogP contribution >= 0.6 is 15.6 Å². The van der Waals surface area contributed by atoms with E-state index < -0.39 is 97.5 Å². The van der Waals surface area contributed by atoms with Crippen molar-refractivity contribution in [2.75, 3.05) is 39.6 Å². The van der Waals surface area contributed by atoms with Crippen molar-refractivity contribution in [1.82, 2.24) is 0 Å². The zero-order valence-electron chi connectivity index (χ0n) is 68.0. The number of phosphoric ester groups is 2. The Balaban J connectivity index is 5.10. The number of hydrogen-bond donors (Lipinski definition) is 3. The third-order valence-electron chi connectivity index (χ3n) is 19.9. The minimum atomic E-state index is -4.96. The topological polar surface area (TPSA) is 237 Å². The van der Waals surface area contributed by atoms with Gasteiger partial charge in [-0.2, -0.15) is 0 Å². The number of esters is 4. The van der Waals surface area contributed by atoms with Gasteiger partial charge in [0, 0.05) is 25.7 Å². The van der Waals surface area contributed by atoms with Crippen LogP contribution in [0.25, 0.3) is 0 Å². The number of ether oxygens (including phenoxy) is 4. The summed E-state index contributed by atoms with van der Waals surface area (Å²) in [6, 6.07) is 0. The number of carbonyl (C=O) groups is 4. The Morgan fingerprint density at radius 3 is 0.689 bits per heavy atom. The number of phosphoric acid groups is 2. The van der Waals surface area contributed by atoms with Crippen molar-refractivity contribution in [3.63, 3.8) is 0 Å². The van der Waals surface area contributed by atoms with Crippen molar-refractivity contribution in [2.24, 2.45) is 23.7 Å². The van der Waals surface area contributed by atoms with Crippen molar-refractivity contribution in [1.29, 1.82) is 0 Å². The second kappa shape index (κ2) is 72.9. The fourth-order valence-corrected chi connectivity index (χ4v) is 14.5. The third-order valence-corrected chi connectivity index (χ3v) is 21.8. The van der Waals surface area contributed by atoms with Gasteiger partial charge in [-0.1, -0.05) is 383 Å². The Morgan fingerprint density at radius 2 is 0.466 bits per heavy atom. The summed E-state index contributed by atoms with van der Waals surface area (Å²) < 4.78 is 68.7. The van der Waals surface area contributed by atoms with Gasteiger partial charge < -0.3 is 33.8 Å². The molecular weight excluding hydrogens is 1340 g/mol. The third kappa shape index (κ3) is 76.6. The van der Waals surface area contributed by atoms with Crippen LogP contribution in [0.2, 0.25) is 0 Å². The van der Waals surface area contributed by atoms with E-state index in [-0.39, 0.29) is 25.7 Å². The predicted molar refractivity (Wildman–Crippen MR) is 423 cm³/mol. The molecule has 0 rings (SSSR count). The van der Waals surface area contributed by atoms with Gasteiger partial charge >= 0.3 is 39.5 Å². The molecule has 0 aromatic rings. The van der Waals surface area contributed by atoms with E-state index in [9.17, 15) is 43.2 Å². The summed E-state index contributed by atoms with van der Waals surface area (Å²) in [5.41, 5.74) is 0. The fraction of sp³-hybridized carbons (Fsp3) is 0.952. The molecule has 0 aromatic carbocycles.